The third-order valence-corrected chi connectivity index (χ3v) is 6.43. The molecule has 8 nitrogen and oxygen atoms in total. The minimum Gasteiger partial charge on any atom is -0.494 e. The standard InChI is InChI=1S/C18H22FN3O5S/c1-26-16-7-6-13(10-15(16)19)11-21-12-14(18(23)27-2)17(20-21)28(24,25)22-8-4-3-5-9-22/h6-7,10,12H,3-5,8-9,11H2,1-2H3. The SMILES string of the molecule is COC(=O)c1cn(Cc2ccc(OC)c(F)c2)nc1S(=O)(=O)N1CCCCC1. The van der Waals surface area contributed by atoms with Crippen molar-refractivity contribution in [2.24, 2.45) is 0 Å². The summed E-state index contributed by atoms with van der Waals surface area (Å²) in [5.74, 6) is -1.22. The fourth-order valence-electron chi connectivity index (χ4n) is 3.15. The Labute approximate surface area is 162 Å². The largest absolute Gasteiger partial charge is 0.494 e. The highest BCUT2D eigenvalue weighted by atomic mass is 32.2. The number of benzene rings is 1. The number of hydrogen-bond donors (Lipinski definition) is 0. The number of esters is 1. The van der Waals surface area contributed by atoms with E-state index < -0.39 is 21.8 Å². The number of carbonyl (C=O) groups excluding carboxylic acids is 1. The Bertz CT molecular complexity index is 968. The molecule has 0 saturated carbocycles. The molecule has 0 N–H and O–H groups in total. The molecule has 1 aliphatic heterocycles. The molecule has 3 rings (SSSR count). The summed E-state index contributed by atoms with van der Waals surface area (Å²) < 4.78 is 52.2. The summed E-state index contributed by atoms with van der Waals surface area (Å²) in [5.41, 5.74) is 0.404. The van der Waals surface area contributed by atoms with Crippen molar-refractivity contribution in [2.75, 3.05) is 27.3 Å². The summed E-state index contributed by atoms with van der Waals surface area (Å²) in [7, 11) is -1.39. The molecule has 2 aromatic rings. The van der Waals surface area contributed by atoms with Gasteiger partial charge in [0.05, 0.1) is 20.8 Å². The molecule has 1 fully saturated rings. The number of piperidine rings is 1. The minimum atomic E-state index is -3.93. The molecule has 1 saturated heterocycles. The van der Waals surface area contributed by atoms with Crippen molar-refractivity contribution >= 4 is 16.0 Å². The van der Waals surface area contributed by atoms with Crippen LogP contribution in [0.25, 0.3) is 0 Å². The normalized spacial score (nSPS) is 15.4. The van der Waals surface area contributed by atoms with Gasteiger partial charge in [0.1, 0.15) is 5.56 Å². The Hall–Kier alpha value is -2.46. The summed E-state index contributed by atoms with van der Waals surface area (Å²) in [6, 6.07) is 4.39. The van der Waals surface area contributed by atoms with E-state index in [1.165, 1.54) is 41.5 Å². The molecule has 28 heavy (non-hydrogen) atoms. The van der Waals surface area contributed by atoms with E-state index in [9.17, 15) is 17.6 Å². The lowest BCUT2D eigenvalue weighted by atomic mass is 10.2. The molecule has 10 heteroatoms. The Balaban J connectivity index is 1.96. The monoisotopic (exact) mass is 411 g/mol. The lowest BCUT2D eigenvalue weighted by Gasteiger charge is -2.25. The number of ether oxygens (including phenoxy) is 2. The fourth-order valence-corrected chi connectivity index (χ4v) is 4.75. The summed E-state index contributed by atoms with van der Waals surface area (Å²) in [5, 5.41) is 3.79. The second kappa shape index (κ2) is 8.27. The molecule has 1 aromatic heterocycles. The van der Waals surface area contributed by atoms with Crippen LogP contribution < -0.4 is 4.74 Å². The first-order chi connectivity index (χ1) is 13.4. The average Bonchev–Trinajstić information content (AvgIpc) is 3.13. The first kappa shape index (κ1) is 20.3. The highest BCUT2D eigenvalue weighted by molar-refractivity contribution is 7.89. The molecule has 0 aliphatic carbocycles. The molecule has 0 atom stereocenters. The van der Waals surface area contributed by atoms with Crippen molar-refractivity contribution < 1.29 is 27.1 Å². The summed E-state index contributed by atoms with van der Waals surface area (Å²) in [6.45, 7) is 0.861. The topological polar surface area (TPSA) is 90.7 Å². The summed E-state index contributed by atoms with van der Waals surface area (Å²) in [4.78, 5) is 12.1. The Morgan fingerprint density at radius 3 is 2.54 bits per heavy atom. The highest BCUT2D eigenvalue weighted by Crippen LogP contribution is 2.24. The number of rotatable bonds is 6. The van der Waals surface area contributed by atoms with Crippen LogP contribution in [0, 0.1) is 5.82 Å². The lowest BCUT2D eigenvalue weighted by Crippen LogP contribution is -2.36. The van der Waals surface area contributed by atoms with E-state index in [2.05, 4.69) is 5.10 Å². The van der Waals surface area contributed by atoms with E-state index in [1.807, 2.05) is 0 Å². The van der Waals surface area contributed by atoms with Crippen LogP contribution in [0.4, 0.5) is 4.39 Å². The molecule has 0 amide bonds. The van der Waals surface area contributed by atoms with Crippen LogP contribution in [0.3, 0.4) is 0 Å². The van der Waals surface area contributed by atoms with E-state index in [4.69, 9.17) is 9.47 Å². The van der Waals surface area contributed by atoms with Gasteiger partial charge in [0, 0.05) is 19.3 Å². The predicted molar refractivity (Wildman–Crippen MR) is 98.2 cm³/mol. The van der Waals surface area contributed by atoms with Gasteiger partial charge in [-0.3, -0.25) is 4.68 Å². The average molecular weight is 411 g/mol. The van der Waals surface area contributed by atoms with Gasteiger partial charge in [-0.05, 0) is 30.5 Å². The molecular weight excluding hydrogens is 389 g/mol. The third-order valence-electron chi connectivity index (χ3n) is 4.59. The summed E-state index contributed by atoms with van der Waals surface area (Å²) in [6.07, 6.45) is 3.80. The van der Waals surface area contributed by atoms with Crippen LogP contribution >= 0.6 is 0 Å². The first-order valence-corrected chi connectivity index (χ1v) is 10.3. The molecule has 0 spiro atoms. The number of methoxy groups -OCH3 is 2. The van der Waals surface area contributed by atoms with Gasteiger partial charge < -0.3 is 9.47 Å². The van der Waals surface area contributed by atoms with Gasteiger partial charge in [-0.1, -0.05) is 12.5 Å². The highest BCUT2D eigenvalue weighted by Gasteiger charge is 2.33. The van der Waals surface area contributed by atoms with Crippen LogP contribution in [-0.2, 0) is 21.3 Å². The lowest BCUT2D eigenvalue weighted by molar-refractivity contribution is 0.0596. The molecular formula is C18H22FN3O5S. The second-order valence-electron chi connectivity index (χ2n) is 6.47. The Morgan fingerprint density at radius 1 is 1.21 bits per heavy atom. The number of sulfonamides is 1. The molecule has 1 aliphatic rings. The molecule has 0 bridgehead atoms. The van der Waals surface area contributed by atoms with Gasteiger partial charge in [-0.15, -0.1) is 0 Å². The molecule has 2 heterocycles. The van der Waals surface area contributed by atoms with Crippen LogP contribution in [0.1, 0.15) is 35.2 Å². The van der Waals surface area contributed by atoms with E-state index in [-0.39, 0.29) is 22.9 Å². The smallest absolute Gasteiger partial charge is 0.342 e. The molecule has 152 valence electrons. The van der Waals surface area contributed by atoms with Crippen molar-refractivity contribution in [3.05, 3.63) is 41.3 Å². The summed E-state index contributed by atoms with van der Waals surface area (Å²) >= 11 is 0. The van der Waals surface area contributed by atoms with Crippen LogP contribution in [0.5, 0.6) is 5.75 Å². The first-order valence-electron chi connectivity index (χ1n) is 8.85. The number of carbonyl (C=O) groups is 1. The van der Waals surface area contributed by atoms with E-state index >= 15 is 0 Å². The Kier molecular flexibility index (Phi) is 5.99. The van der Waals surface area contributed by atoms with Gasteiger partial charge in [0.2, 0.25) is 5.03 Å². The maximum atomic E-state index is 13.9. The second-order valence-corrected chi connectivity index (χ2v) is 8.32. The van der Waals surface area contributed by atoms with Crippen LogP contribution in [0.15, 0.2) is 29.4 Å². The number of nitrogens with zero attached hydrogens (tertiary/aromatic N) is 3. The van der Waals surface area contributed by atoms with Crippen molar-refractivity contribution in [1.82, 2.24) is 14.1 Å². The maximum absolute atomic E-state index is 13.9. The number of aromatic nitrogens is 2. The molecule has 0 radical (unpaired) electrons. The van der Waals surface area contributed by atoms with Gasteiger partial charge in [-0.25, -0.2) is 17.6 Å². The van der Waals surface area contributed by atoms with Crippen LogP contribution in [-0.4, -0.2) is 55.8 Å². The third kappa shape index (κ3) is 4.02. The van der Waals surface area contributed by atoms with Crippen LogP contribution in [0.2, 0.25) is 0 Å². The number of hydrogen-bond acceptors (Lipinski definition) is 6. The van der Waals surface area contributed by atoms with Crippen molar-refractivity contribution in [1.29, 1.82) is 0 Å². The van der Waals surface area contributed by atoms with E-state index in [1.54, 1.807) is 6.07 Å². The van der Waals surface area contributed by atoms with Crippen molar-refractivity contribution in [3.8, 4) is 5.75 Å². The number of halogens is 1. The van der Waals surface area contributed by atoms with Gasteiger partial charge in [0.25, 0.3) is 10.0 Å². The molecule has 0 unspecified atom stereocenters. The van der Waals surface area contributed by atoms with Gasteiger partial charge in [-0.2, -0.15) is 9.40 Å². The quantitative estimate of drug-likeness (QED) is 0.676. The van der Waals surface area contributed by atoms with Crippen molar-refractivity contribution in [3.63, 3.8) is 0 Å². The predicted octanol–water partition coefficient (Wildman–Crippen LogP) is 2.04. The molecule has 1 aromatic carbocycles. The minimum absolute atomic E-state index is 0.0838. The zero-order chi connectivity index (χ0) is 20.3. The van der Waals surface area contributed by atoms with Gasteiger partial charge in [0.15, 0.2) is 11.6 Å². The van der Waals surface area contributed by atoms with Crippen molar-refractivity contribution in [2.45, 2.75) is 30.8 Å². The van der Waals surface area contributed by atoms with E-state index in [0.717, 1.165) is 19.3 Å². The fraction of sp³-hybridized carbons (Fsp3) is 0.444. The van der Waals surface area contributed by atoms with E-state index in [0.29, 0.717) is 18.7 Å². The maximum Gasteiger partial charge on any atom is 0.342 e. The van der Waals surface area contributed by atoms with Gasteiger partial charge >= 0.3 is 5.97 Å². The zero-order valence-electron chi connectivity index (χ0n) is 15.7. The Morgan fingerprint density at radius 2 is 1.93 bits per heavy atom. The zero-order valence-corrected chi connectivity index (χ0v) is 16.5.